The number of fused-ring (bicyclic) bond motifs is 1. The summed E-state index contributed by atoms with van der Waals surface area (Å²) < 4.78 is 40.1. The number of rotatable bonds is 7. The van der Waals surface area contributed by atoms with Crippen molar-refractivity contribution in [2.75, 3.05) is 0 Å². The van der Waals surface area contributed by atoms with Crippen molar-refractivity contribution < 1.29 is 37.8 Å². The Balaban J connectivity index is 2.51. The molecule has 2 rings (SSSR count). The molecule has 0 aliphatic rings. The summed E-state index contributed by atoms with van der Waals surface area (Å²) in [4.78, 5) is 38.6. The van der Waals surface area contributed by atoms with Crippen LogP contribution in [0.1, 0.15) is 41.5 Å². The number of carbonyl (C=O) groups is 3. The lowest BCUT2D eigenvalue weighted by Gasteiger charge is -2.14. The molecule has 0 aliphatic carbocycles. The highest BCUT2D eigenvalue weighted by atomic mass is 35.5. The molecule has 0 spiro atoms. The number of imidazole rings is 1. The van der Waals surface area contributed by atoms with Gasteiger partial charge in [-0.3, -0.25) is 14.0 Å². The van der Waals surface area contributed by atoms with Gasteiger partial charge in [0, 0.05) is 12.6 Å². The van der Waals surface area contributed by atoms with E-state index in [9.17, 15) is 27.6 Å². The Labute approximate surface area is 160 Å². The summed E-state index contributed by atoms with van der Waals surface area (Å²) in [6, 6.07) is -0.863. The van der Waals surface area contributed by atoms with Crippen LogP contribution in [0, 0.1) is 0 Å². The first-order valence-corrected chi connectivity index (χ1v) is 8.36. The number of amides is 1. The van der Waals surface area contributed by atoms with E-state index in [2.05, 4.69) is 10.3 Å². The first kappa shape index (κ1) is 21.5. The lowest BCUT2D eigenvalue weighted by atomic mass is 10.1. The maximum absolute atomic E-state index is 13.1. The summed E-state index contributed by atoms with van der Waals surface area (Å²) in [6.07, 6.45) is -4.84. The summed E-state index contributed by atoms with van der Waals surface area (Å²) in [5, 5.41) is 19.7. The van der Waals surface area contributed by atoms with E-state index in [1.165, 1.54) is 0 Å². The van der Waals surface area contributed by atoms with Crippen molar-refractivity contribution in [3.05, 3.63) is 34.2 Å². The predicted octanol–water partition coefficient (Wildman–Crippen LogP) is 2.62. The van der Waals surface area contributed by atoms with Gasteiger partial charge in [-0.05, 0) is 18.9 Å². The SMILES string of the molecule is CCc1nc2c(Cl)cc(C(F)(F)F)cn2c1C(=O)NC(CCC(=O)O)C(=O)O. The first-order valence-electron chi connectivity index (χ1n) is 7.98. The van der Waals surface area contributed by atoms with E-state index in [0.717, 1.165) is 4.40 Å². The number of nitrogens with one attached hydrogen (secondary N) is 1. The summed E-state index contributed by atoms with van der Waals surface area (Å²) in [6.45, 7) is 1.61. The number of nitrogens with zero attached hydrogens (tertiary/aromatic N) is 2. The van der Waals surface area contributed by atoms with Crippen LogP contribution in [-0.4, -0.2) is 43.5 Å². The van der Waals surface area contributed by atoms with Crippen LogP contribution in [0.3, 0.4) is 0 Å². The Kier molecular flexibility index (Phi) is 6.17. The van der Waals surface area contributed by atoms with Gasteiger partial charge < -0.3 is 15.5 Å². The molecule has 0 saturated heterocycles. The molecule has 2 aromatic heterocycles. The zero-order valence-electron chi connectivity index (χ0n) is 14.4. The lowest BCUT2D eigenvalue weighted by molar-refractivity contribution is -0.141. The van der Waals surface area contributed by atoms with Crippen LogP contribution in [0.2, 0.25) is 5.02 Å². The van der Waals surface area contributed by atoms with Gasteiger partial charge in [0.1, 0.15) is 11.7 Å². The molecule has 1 amide bonds. The number of alkyl halides is 3. The number of aromatic nitrogens is 2. The Morgan fingerprint density at radius 1 is 1.32 bits per heavy atom. The van der Waals surface area contributed by atoms with Crippen LogP contribution in [0.5, 0.6) is 0 Å². The topological polar surface area (TPSA) is 121 Å². The first-order chi connectivity index (χ1) is 13.0. The van der Waals surface area contributed by atoms with Crippen LogP contribution in [0.15, 0.2) is 12.3 Å². The van der Waals surface area contributed by atoms with E-state index in [1.807, 2.05) is 0 Å². The maximum atomic E-state index is 13.1. The molecule has 2 heterocycles. The van der Waals surface area contributed by atoms with E-state index >= 15 is 0 Å². The van der Waals surface area contributed by atoms with Crippen molar-refractivity contribution in [3.8, 4) is 0 Å². The normalized spacial score (nSPS) is 12.8. The maximum Gasteiger partial charge on any atom is 0.417 e. The van der Waals surface area contributed by atoms with Gasteiger partial charge in [0.2, 0.25) is 0 Å². The summed E-state index contributed by atoms with van der Waals surface area (Å²) in [5.41, 5.74) is -1.39. The highest BCUT2D eigenvalue weighted by Gasteiger charge is 2.33. The number of aryl methyl sites for hydroxylation is 1. The molecule has 12 heteroatoms. The molecule has 0 radical (unpaired) electrons. The molecule has 28 heavy (non-hydrogen) atoms. The molecule has 0 bridgehead atoms. The molecular weight excluding hydrogens is 407 g/mol. The van der Waals surface area contributed by atoms with E-state index in [4.69, 9.17) is 21.8 Å². The Morgan fingerprint density at radius 3 is 2.46 bits per heavy atom. The predicted molar refractivity (Wildman–Crippen MR) is 90.3 cm³/mol. The number of aliphatic carboxylic acids is 2. The number of carbonyl (C=O) groups excluding carboxylic acids is 1. The van der Waals surface area contributed by atoms with Gasteiger partial charge in [-0.1, -0.05) is 18.5 Å². The van der Waals surface area contributed by atoms with Gasteiger partial charge in [-0.2, -0.15) is 13.2 Å². The largest absolute Gasteiger partial charge is 0.481 e. The van der Waals surface area contributed by atoms with Crippen molar-refractivity contribution in [1.29, 1.82) is 0 Å². The minimum Gasteiger partial charge on any atom is -0.481 e. The van der Waals surface area contributed by atoms with E-state index in [0.29, 0.717) is 12.3 Å². The zero-order valence-corrected chi connectivity index (χ0v) is 15.1. The smallest absolute Gasteiger partial charge is 0.417 e. The number of pyridine rings is 1. The zero-order chi connectivity index (χ0) is 21.2. The van der Waals surface area contributed by atoms with Crippen LogP contribution >= 0.6 is 11.6 Å². The average molecular weight is 422 g/mol. The second kappa shape index (κ2) is 8.05. The number of carboxylic acids is 2. The number of carboxylic acid groups (broad SMARTS) is 2. The minimum absolute atomic E-state index is 0.0888. The second-order valence-corrected chi connectivity index (χ2v) is 6.23. The molecule has 8 nitrogen and oxygen atoms in total. The van der Waals surface area contributed by atoms with Crippen molar-refractivity contribution in [1.82, 2.24) is 14.7 Å². The number of halogens is 4. The quantitative estimate of drug-likeness (QED) is 0.632. The number of hydrogen-bond acceptors (Lipinski definition) is 4. The van der Waals surface area contributed by atoms with E-state index < -0.39 is 48.5 Å². The Bertz CT molecular complexity index is 942. The van der Waals surface area contributed by atoms with Crippen molar-refractivity contribution >= 4 is 35.1 Å². The molecule has 2 aromatic rings. The molecule has 152 valence electrons. The minimum atomic E-state index is -4.73. The fourth-order valence-electron chi connectivity index (χ4n) is 2.54. The molecule has 1 atom stereocenters. The van der Waals surface area contributed by atoms with Gasteiger partial charge in [0.15, 0.2) is 5.65 Å². The third-order valence-electron chi connectivity index (χ3n) is 3.87. The third kappa shape index (κ3) is 4.53. The number of hydrogen-bond donors (Lipinski definition) is 3. The van der Waals surface area contributed by atoms with Gasteiger partial charge >= 0.3 is 18.1 Å². The van der Waals surface area contributed by atoms with Crippen LogP contribution in [0.4, 0.5) is 13.2 Å². The van der Waals surface area contributed by atoms with Gasteiger partial charge in [0.05, 0.1) is 16.3 Å². The Hall–Kier alpha value is -2.82. The molecule has 0 fully saturated rings. The van der Waals surface area contributed by atoms with Gasteiger partial charge in [-0.15, -0.1) is 0 Å². The highest BCUT2D eigenvalue weighted by molar-refractivity contribution is 6.33. The van der Waals surface area contributed by atoms with Crippen molar-refractivity contribution in [3.63, 3.8) is 0 Å². The Morgan fingerprint density at radius 2 is 1.96 bits per heavy atom. The summed E-state index contributed by atoms with van der Waals surface area (Å²) >= 11 is 5.88. The van der Waals surface area contributed by atoms with Crippen LogP contribution in [-0.2, 0) is 22.2 Å². The van der Waals surface area contributed by atoms with Gasteiger partial charge in [-0.25, -0.2) is 9.78 Å². The molecule has 0 saturated carbocycles. The van der Waals surface area contributed by atoms with Crippen molar-refractivity contribution in [2.24, 2.45) is 0 Å². The summed E-state index contributed by atoms with van der Waals surface area (Å²) in [7, 11) is 0. The van der Waals surface area contributed by atoms with E-state index in [-0.39, 0.29) is 28.5 Å². The summed E-state index contributed by atoms with van der Waals surface area (Å²) in [5.74, 6) is -3.74. The van der Waals surface area contributed by atoms with Gasteiger partial charge in [0.25, 0.3) is 5.91 Å². The molecule has 3 N–H and O–H groups in total. The fourth-order valence-corrected chi connectivity index (χ4v) is 2.80. The van der Waals surface area contributed by atoms with E-state index in [1.54, 1.807) is 6.92 Å². The fraction of sp³-hybridized carbons (Fsp3) is 0.375. The molecule has 0 aromatic carbocycles. The third-order valence-corrected chi connectivity index (χ3v) is 4.15. The van der Waals surface area contributed by atoms with Crippen LogP contribution in [0.25, 0.3) is 5.65 Å². The van der Waals surface area contributed by atoms with Crippen molar-refractivity contribution in [2.45, 2.75) is 38.4 Å². The molecule has 0 aliphatic heterocycles. The monoisotopic (exact) mass is 421 g/mol. The highest BCUT2D eigenvalue weighted by Crippen LogP contribution is 2.33. The average Bonchev–Trinajstić information content (AvgIpc) is 2.96. The molecule has 1 unspecified atom stereocenters. The molecular formula is C16H15ClF3N3O5. The lowest BCUT2D eigenvalue weighted by Crippen LogP contribution is -2.41. The van der Waals surface area contributed by atoms with Crippen LogP contribution < -0.4 is 5.32 Å². The standard InChI is InChI=1S/C16H15ClF3N3O5/c1-2-9-12(14(26)22-10(15(27)28)3-4-11(24)25)23-6-7(16(18,19)20)5-8(17)13(23)21-9/h5-6,10H,2-4H2,1H3,(H,22,26)(H,24,25)(H,27,28). The second-order valence-electron chi connectivity index (χ2n) is 5.83.